The second kappa shape index (κ2) is 7.77. The van der Waals surface area contributed by atoms with Crippen LogP contribution in [0.4, 0.5) is 0 Å². The van der Waals surface area contributed by atoms with Gasteiger partial charge < -0.3 is 11.1 Å². The molecule has 1 aromatic heterocycles. The monoisotopic (exact) mass is 351 g/mol. The zero-order valence-electron chi connectivity index (χ0n) is 12.7. The number of hydrogen-bond acceptors (Lipinski definition) is 3. The molecule has 122 valence electrons. The summed E-state index contributed by atoms with van der Waals surface area (Å²) in [6, 6.07) is 12.8. The van der Waals surface area contributed by atoms with Crippen LogP contribution in [-0.4, -0.2) is 28.9 Å². The largest absolute Gasteiger partial charge is 0.344 e. The number of benzene rings is 1. The fraction of sp³-hybridized carbons (Fsp3) is 0.294. The Morgan fingerprint density at radius 3 is 2.43 bits per heavy atom. The van der Waals surface area contributed by atoms with E-state index in [1.54, 1.807) is 12.1 Å². The van der Waals surface area contributed by atoms with Crippen LogP contribution in [0.15, 0.2) is 42.5 Å². The van der Waals surface area contributed by atoms with Gasteiger partial charge in [0, 0.05) is 18.1 Å². The minimum absolute atomic E-state index is 0. The molecule has 1 fully saturated rings. The molecule has 2 aromatic rings. The van der Waals surface area contributed by atoms with Gasteiger partial charge in [-0.1, -0.05) is 41.4 Å². The van der Waals surface area contributed by atoms with Crippen LogP contribution in [0.1, 0.15) is 30.0 Å². The molecule has 3 N–H and O–H groups in total. The summed E-state index contributed by atoms with van der Waals surface area (Å²) in [5.41, 5.74) is 1.51. The number of halogens is 2. The van der Waals surface area contributed by atoms with Crippen molar-refractivity contribution in [1.82, 2.24) is 16.0 Å². The second-order valence-corrected chi connectivity index (χ2v) is 6.23. The molecule has 0 aliphatic carbocycles. The average molecular weight is 352 g/mol. The summed E-state index contributed by atoms with van der Waals surface area (Å²) in [5, 5.41) is 0.998. The summed E-state index contributed by atoms with van der Waals surface area (Å²) in [7, 11) is 0. The average Bonchev–Trinajstić information content (AvgIpc) is 3.02. The smallest absolute Gasteiger partial charge is 0.236 e. The zero-order valence-corrected chi connectivity index (χ0v) is 14.2. The van der Waals surface area contributed by atoms with Gasteiger partial charge in [-0.05, 0) is 42.7 Å². The topological polar surface area (TPSA) is 68.2 Å². The highest BCUT2D eigenvalue weighted by Crippen LogP contribution is 2.29. The first-order chi connectivity index (χ1) is 10.6. The standard InChI is InChI=1S/C17H16Cl2N2O.H3N/c18-13-6-3-5-12(11-13)16(14-7-4-8-15(19)20-14)17(22)21-9-1-2-10-21;/h3-8,11,16H,1-2,9-10H2;1H3. The van der Waals surface area contributed by atoms with Crippen molar-refractivity contribution in [2.45, 2.75) is 18.8 Å². The lowest BCUT2D eigenvalue weighted by Gasteiger charge is -2.23. The lowest BCUT2D eigenvalue weighted by molar-refractivity contribution is -0.130. The Morgan fingerprint density at radius 2 is 1.78 bits per heavy atom. The first-order valence-corrected chi connectivity index (χ1v) is 8.07. The van der Waals surface area contributed by atoms with Crippen LogP contribution in [0, 0.1) is 0 Å². The third kappa shape index (κ3) is 4.02. The molecular formula is C17H19Cl2N3O. The summed E-state index contributed by atoms with van der Waals surface area (Å²) in [4.78, 5) is 19.2. The van der Waals surface area contributed by atoms with Crippen molar-refractivity contribution >= 4 is 29.1 Å². The highest BCUT2D eigenvalue weighted by atomic mass is 35.5. The molecule has 1 amide bonds. The lowest BCUT2D eigenvalue weighted by Crippen LogP contribution is -2.33. The van der Waals surface area contributed by atoms with E-state index in [0.717, 1.165) is 31.5 Å². The fourth-order valence-corrected chi connectivity index (χ4v) is 3.20. The van der Waals surface area contributed by atoms with Gasteiger partial charge in [-0.25, -0.2) is 4.98 Å². The van der Waals surface area contributed by atoms with Crippen molar-refractivity contribution in [3.8, 4) is 0 Å². The molecule has 0 bridgehead atoms. The van der Waals surface area contributed by atoms with E-state index in [1.165, 1.54) is 0 Å². The normalized spacial score (nSPS) is 15.1. The number of carbonyl (C=O) groups is 1. The molecule has 0 radical (unpaired) electrons. The van der Waals surface area contributed by atoms with E-state index < -0.39 is 5.92 Å². The molecule has 1 aliphatic rings. The summed E-state index contributed by atoms with van der Waals surface area (Å²) >= 11 is 12.1. The number of likely N-dealkylation sites (tertiary alicyclic amines) is 1. The van der Waals surface area contributed by atoms with Crippen molar-refractivity contribution in [2.75, 3.05) is 13.1 Å². The number of rotatable bonds is 3. The van der Waals surface area contributed by atoms with E-state index in [-0.39, 0.29) is 12.1 Å². The molecule has 0 saturated carbocycles. The first-order valence-electron chi connectivity index (χ1n) is 7.32. The molecule has 3 rings (SSSR count). The number of amides is 1. The molecule has 1 atom stereocenters. The van der Waals surface area contributed by atoms with Gasteiger partial charge in [-0.3, -0.25) is 4.79 Å². The Kier molecular flexibility index (Phi) is 5.99. The highest BCUT2D eigenvalue weighted by molar-refractivity contribution is 6.30. The third-order valence-corrected chi connectivity index (χ3v) is 4.32. The molecule has 1 aliphatic heterocycles. The molecule has 6 heteroatoms. The molecule has 1 saturated heterocycles. The van der Waals surface area contributed by atoms with E-state index in [9.17, 15) is 4.79 Å². The summed E-state index contributed by atoms with van der Waals surface area (Å²) in [5.74, 6) is -0.398. The lowest BCUT2D eigenvalue weighted by atomic mass is 9.93. The van der Waals surface area contributed by atoms with Gasteiger partial charge in [0.05, 0.1) is 5.69 Å². The Labute approximate surface area is 146 Å². The van der Waals surface area contributed by atoms with Crippen LogP contribution in [0.3, 0.4) is 0 Å². The maximum absolute atomic E-state index is 13.0. The third-order valence-electron chi connectivity index (χ3n) is 3.88. The van der Waals surface area contributed by atoms with Crippen molar-refractivity contribution in [3.05, 3.63) is 63.9 Å². The van der Waals surface area contributed by atoms with Crippen molar-refractivity contribution in [3.63, 3.8) is 0 Å². The van der Waals surface area contributed by atoms with E-state index in [1.807, 2.05) is 35.2 Å². The van der Waals surface area contributed by atoms with Crippen LogP contribution in [0.25, 0.3) is 0 Å². The molecule has 2 heterocycles. The Balaban J connectivity index is 0.00000192. The number of nitrogens with zero attached hydrogens (tertiary/aromatic N) is 2. The van der Waals surface area contributed by atoms with Gasteiger partial charge in [0.1, 0.15) is 11.1 Å². The minimum Gasteiger partial charge on any atom is -0.344 e. The predicted molar refractivity (Wildman–Crippen MR) is 93.4 cm³/mol. The SMILES string of the molecule is N.O=C(C(c1cccc(Cl)c1)c1cccc(Cl)n1)N1CCCC1. The van der Waals surface area contributed by atoms with E-state index in [2.05, 4.69) is 4.98 Å². The summed E-state index contributed by atoms with van der Waals surface area (Å²) in [6.45, 7) is 1.60. The molecule has 1 unspecified atom stereocenters. The summed E-state index contributed by atoms with van der Waals surface area (Å²) in [6.07, 6.45) is 2.11. The van der Waals surface area contributed by atoms with E-state index in [4.69, 9.17) is 23.2 Å². The maximum atomic E-state index is 13.0. The molecule has 23 heavy (non-hydrogen) atoms. The van der Waals surface area contributed by atoms with Gasteiger partial charge in [0.25, 0.3) is 0 Å². The van der Waals surface area contributed by atoms with Crippen LogP contribution < -0.4 is 6.15 Å². The van der Waals surface area contributed by atoms with Gasteiger partial charge in [-0.2, -0.15) is 0 Å². The second-order valence-electron chi connectivity index (χ2n) is 5.41. The van der Waals surface area contributed by atoms with E-state index >= 15 is 0 Å². The molecular weight excluding hydrogens is 333 g/mol. The number of pyridine rings is 1. The Bertz CT molecular complexity index is 642. The number of carbonyl (C=O) groups excluding carboxylic acids is 1. The summed E-state index contributed by atoms with van der Waals surface area (Å²) < 4.78 is 0. The van der Waals surface area contributed by atoms with Crippen LogP contribution >= 0.6 is 23.2 Å². The van der Waals surface area contributed by atoms with Crippen LogP contribution in [0.2, 0.25) is 10.2 Å². The fourth-order valence-electron chi connectivity index (χ4n) is 2.83. The molecule has 0 spiro atoms. The Hall–Kier alpha value is -1.62. The molecule has 4 nitrogen and oxygen atoms in total. The van der Waals surface area contributed by atoms with Gasteiger partial charge >= 0.3 is 0 Å². The van der Waals surface area contributed by atoms with Gasteiger partial charge in [0.15, 0.2) is 0 Å². The first kappa shape index (κ1) is 17.7. The Morgan fingerprint density at radius 1 is 1.09 bits per heavy atom. The van der Waals surface area contributed by atoms with Crippen LogP contribution in [0.5, 0.6) is 0 Å². The van der Waals surface area contributed by atoms with Crippen molar-refractivity contribution in [1.29, 1.82) is 0 Å². The van der Waals surface area contributed by atoms with Gasteiger partial charge in [0.2, 0.25) is 5.91 Å². The molecule has 1 aromatic carbocycles. The zero-order chi connectivity index (χ0) is 15.5. The number of aromatic nitrogens is 1. The van der Waals surface area contributed by atoms with Crippen molar-refractivity contribution < 1.29 is 4.79 Å². The quantitative estimate of drug-likeness (QED) is 0.837. The van der Waals surface area contributed by atoms with Crippen LogP contribution in [-0.2, 0) is 4.79 Å². The van der Waals surface area contributed by atoms with E-state index in [0.29, 0.717) is 15.9 Å². The van der Waals surface area contributed by atoms with Gasteiger partial charge in [-0.15, -0.1) is 0 Å². The highest BCUT2D eigenvalue weighted by Gasteiger charge is 2.30. The number of hydrogen-bond donors (Lipinski definition) is 1. The minimum atomic E-state index is -0.463. The maximum Gasteiger partial charge on any atom is 0.236 e. The van der Waals surface area contributed by atoms with Crippen molar-refractivity contribution in [2.24, 2.45) is 0 Å². The predicted octanol–water partition coefficient (Wildman–Crippen LogP) is 4.30.